The van der Waals surface area contributed by atoms with Gasteiger partial charge in [0.05, 0.1) is 12.4 Å². The lowest BCUT2D eigenvalue weighted by atomic mass is 10.0. The third-order valence-electron chi connectivity index (χ3n) is 3.76. The average molecular weight is 312 g/mol. The molecule has 1 aromatic rings. The Morgan fingerprint density at radius 1 is 1.29 bits per heavy atom. The van der Waals surface area contributed by atoms with Gasteiger partial charge in [0, 0.05) is 19.1 Å². The zero-order chi connectivity index (χ0) is 15.3. The first-order valence-corrected chi connectivity index (χ1v) is 9.11. The van der Waals surface area contributed by atoms with Crippen LogP contribution in [0.15, 0.2) is 17.3 Å². The van der Waals surface area contributed by atoms with Gasteiger partial charge in [-0.2, -0.15) is 4.31 Å². The molecule has 1 aliphatic heterocycles. The molecule has 21 heavy (non-hydrogen) atoms. The van der Waals surface area contributed by atoms with Crippen molar-refractivity contribution >= 4 is 16.0 Å². The zero-order valence-electron chi connectivity index (χ0n) is 12.7. The van der Waals surface area contributed by atoms with E-state index in [0.717, 1.165) is 32.1 Å². The van der Waals surface area contributed by atoms with Crippen molar-refractivity contribution in [3.8, 4) is 0 Å². The minimum atomic E-state index is -3.48. The first-order chi connectivity index (χ1) is 10.1. The van der Waals surface area contributed by atoms with E-state index in [1.807, 2.05) is 6.92 Å². The van der Waals surface area contributed by atoms with Crippen molar-refractivity contribution in [1.29, 1.82) is 0 Å². The number of hydrogen-bond acceptors (Lipinski definition) is 5. The van der Waals surface area contributed by atoms with Crippen molar-refractivity contribution in [3.63, 3.8) is 0 Å². The molecule has 2 rings (SSSR count). The molecule has 1 saturated heterocycles. The van der Waals surface area contributed by atoms with E-state index in [1.165, 1.54) is 12.4 Å². The van der Waals surface area contributed by atoms with E-state index < -0.39 is 10.0 Å². The summed E-state index contributed by atoms with van der Waals surface area (Å²) in [5.41, 5.74) is 0. The summed E-state index contributed by atoms with van der Waals surface area (Å²) in [5.74, 6) is 0.459. The van der Waals surface area contributed by atoms with Crippen LogP contribution in [0.4, 0.5) is 5.95 Å². The van der Waals surface area contributed by atoms with Gasteiger partial charge in [0.25, 0.3) is 0 Å². The second kappa shape index (κ2) is 7.17. The van der Waals surface area contributed by atoms with Crippen molar-refractivity contribution < 1.29 is 8.42 Å². The standard InChI is InChI=1S/C14H24N4O2S/c1-3-7-12-8-5-6-9-18(12)21(19,20)13-10-16-14(15-4-2)17-11-13/h10-12H,3-9H2,1-2H3,(H,15,16,17). The maximum Gasteiger partial charge on any atom is 0.246 e. The maximum atomic E-state index is 12.8. The SMILES string of the molecule is CCCC1CCCCN1S(=O)(=O)c1cnc(NCC)nc1. The first kappa shape index (κ1) is 16.2. The van der Waals surface area contributed by atoms with Crippen molar-refractivity contribution in [2.45, 2.75) is 56.9 Å². The predicted octanol–water partition coefficient (Wildman–Crippen LogP) is 2.25. The summed E-state index contributed by atoms with van der Waals surface area (Å²) in [7, 11) is -3.48. The van der Waals surface area contributed by atoms with E-state index in [-0.39, 0.29) is 10.9 Å². The number of piperidine rings is 1. The Kier molecular flexibility index (Phi) is 5.52. The molecule has 1 fully saturated rings. The molecule has 1 aromatic heterocycles. The van der Waals surface area contributed by atoms with Crippen LogP contribution in [-0.4, -0.2) is 41.8 Å². The molecule has 7 heteroatoms. The van der Waals surface area contributed by atoms with Gasteiger partial charge in [0.1, 0.15) is 4.90 Å². The summed E-state index contributed by atoms with van der Waals surface area (Å²) >= 11 is 0. The van der Waals surface area contributed by atoms with Crippen molar-refractivity contribution in [1.82, 2.24) is 14.3 Å². The Morgan fingerprint density at radius 3 is 2.62 bits per heavy atom. The number of nitrogens with one attached hydrogen (secondary N) is 1. The lowest BCUT2D eigenvalue weighted by Gasteiger charge is -2.34. The fourth-order valence-electron chi connectivity index (χ4n) is 2.75. The Morgan fingerprint density at radius 2 is 2.00 bits per heavy atom. The Balaban J connectivity index is 2.22. The summed E-state index contributed by atoms with van der Waals surface area (Å²) in [6, 6.07) is 0.113. The molecule has 6 nitrogen and oxygen atoms in total. The number of rotatable bonds is 6. The second-order valence-corrected chi connectivity index (χ2v) is 7.22. The summed E-state index contributed by atoms with van der Waals surface area (Å²) in [4.78, 5) is 8.33. The molecule has 0 radical (unpaired) electrons. The summed E-state index contributed by atoms with van der Waals surface area (Å²) < 4.78 is 27.2. The van der Waals surface area contributed by atoms with Gasteiger partial charge in [-0.3, -0.25) is 0 Å². The molecule has 2 heterocycles. The van der Waals surface area contributed by atoms with E-state index in [4.69, 9.17) is 0 Å². The van der Waals surface area contributed by atoms with Crippen molar-refractivity contribution in [2.75, 3.05) is 18.4 Å². The smallest absolute Gasteiger partial charge is 0.246 e. The number of nitrogens with zero attached hydrogens (tertiary/aromatic N) is 3. The Hall–Kier alpha value is -1.21. The predicted molar refractivity (Wildman–Crippen MR) is 82.6 cm³/mol. The molecule has 0 spiro atoms. The van der Waals surface area contributed by atoms with Crippen LogP contribution in [0, 0.1) is 0 Å². The highest BCUT2D eigenvalue weighted by molar-refractivity contribution is 7.89. The van der Waals surface area contributed by atoms with Crippen LogP contribution < -0.4 is 5.32 Å². The quantitative estimate of drug-likeness (QED) is 0.872. The third kappa shape index (κ3) is 3.71. The summed E-state index contributed by atoms with van der Waals surface area (Å²) in [5, 5.41) is 2.96. The van der Waals surface area contributed by atoms with Gasteiger partial charge in [-0.25, -0.2) is 18.4 Å². The largest absolute Gasteiger partial charge is 0.355 e. The highest BCUT2D eigenvalue weighted by atomic mass is 32.2. The molecule has 1 unspecified atom stereocenters. The van der Waals surface area contributed by atoms with Crippen LogP contribution in [0.25, 0.3) is 0 Å². The van der Waals surface area contributed by atoms with Crippen molar-refractivity contribution in [2.24, 2.45) is 0 Å². The molecule has 0 aliphatic carbocycles. The molecule has 0 aromatic carbocycles. The topological polar surface area (TPSA) is 75.2 Å². The molecule has 0 saturated carbocycles. The molecular weight excluding hydrogens is 288 g/mol. The van der Waals surface area contributed by atoms with Crippen LogP contribution >= 0.6 is 0 Å². The number of aromatic nitrogens is 2. The Labute approximate surface area is 127 Å². The lowest BCUT2D eigenvalue weighted by molar-refractivity contribution is 0.239. The van der Waals surface area contributed by atoms with Crippen LogP contribution in [0.2, 0.25) is 0 Å². The average Bonchev–Trinajstić information content (AvgIpc) is 2.49. The van der Waals surface area contributed by atoms with Crippen LogP contribution in [0.5, 0.6) is 0 Å². The zero-order valence-corrected chi connectivity index (χ0v) is 13.6. The fraction of sp³-hybridized carbons (Fsp3) is 0.714. The molecule has 1 atom stereocenters. The third-order valence-corrected chi connectivity index (χ3v) is 5.67. The fourth-order valence-corrected chi connectivity index (χ4v) is 4.36. The van der Waals surface area contributed by atoms with E-state index in [9.17, 15) is 8.42 Å². The number of sulfonamides is 1. The van der Waals surface area contributed by atoms with Crippen LogP contribution in [0.1, 0.15) is 46.0 Å². The summed E-state index contributed by atoms with van der Waals surface area (Å²) in [6.45, 7) is 5.34. The molecule has 1 aliphatic rings. The molecular formula is C14H24N4O2S. The summed E-state index contributed by atoms with van der Waals surface area (Å²) in [6.07, 6.45) is 7.68. The highest BCUT2D eigenvalue weighted by Crippen LogP contribution is 2.27. The molecule has 0 amide bonds. The van der Waals surface area contributed by atoms with Gasteiger partial charge in [-0.05, 0) is 26.2 Å². The van der Waals surface area contributed by atoms with Gasteiger partial charge in [-0.15, -0.1) is 0 Å². The number of hydrogen-bond donors (Lipinski definition) is 1. The van der Waals surface area contributed by atoms with Crippen molar-refractivity contribution in [3.05, 3.63) is 12.4 Å². The van der Waals surface area contributed by atoms with Crippen LogP contribution in [-0.2, 0) is 10.0 Å². The molecule has 0 bridgehead atoms. The number of anilines is 1. The van der Waals surface area contributed by atoms with Gasteiger partial charge >= 0.3 is 0 Å². The normalized spacial score (nSPS) is 20.4. The van der Waals surface area contributed by atoms with Gasteiger partial charge in [0.2, 0.25) is 16.0 Å². The van der Waals surface area contributed by atoms with E-state index in [1.54, 1.807) is 4.31 Å². The van der Waals surface area contributed by atoms with Gasteiger partial charge in [0.15, 0.2) is 0 Å². The van der Waals surface area contributed by atoms with E-state index in [0.29, 0.717) is 19.0 Å². The molecule has 1 N–H and O–H groups in total. The van der Waals surface area contributed by atoms with Crippen LogP contribution in [0.3, 0.4) is 0 Å². The molecule has 118 valence electrons. The second-order valence-electron chi connectivity index (χ2n) is 5.33. The monoisotopic (exact) mass is 312 g/mol. The minimum absolute atomic E-state index is 0.113. The first-order valence-electron chi connectivity index (χ1n) is 7.67. The lowest BCUT2D eigenvalue weighted by Crippen LogP contribution is -2.43. The minimum Gasteiger partial charge on any atom is -0.355 e. The van der Waals surface area contributed by atoms with Gasteiger partial charge < -0.3 is 5.32 Å². The van der Waals surface area contributed by atoms with E-state index >= 15 is 0 Å². The Bertz CT molecular complexity index is 543. The van der Waals surface area contributed by atoms with Gasteiger partial charge in [-0.1, -0.05) is 19.8 Å². The van der Waals surface area contributed by atoms with E-state index in [2.05, 4.69) is 22.2 Å². The maximum absolute atomic E-state index is 12.8. The highest BCUT2D eigenvalue weighted by Gasteiger charge is 2.33.